The Hall–Kier alpha value is -2.72. The lowest BCUT2D eigenvalue weighted by molar-refractivity contribution is 0.601. The van der Waals surface area contributed by atoms with Crippen LogP contribution in [-0.4, -0.2) is 0 Å². The van der Waals surface area contributed by atoms with Crippen LogP contribution in [0.4, 0.5) is 5.88 Å². The molecule has 0 aliphatic carbocycles. The Bertz CT molecular complexity index is 639. The van der Waals surface area contributed by atoms with E-state index in [1.54, 1.807) is 0 Å². The molecule has 0 saturated carbocycles. The van der Waals surface area contributed by atoms with Crippen LogP contribution in [0.5, 0.6) is 0 Å². The first kappa shape index (κ1) is 10.8. The minimum Gasteiger partial charge on any atom is -0.438 e. The van der Waals surface area contributed by atoms with Gasteiger partial charge < -0.3 is 10.2 Å². The van der Waals surface area contributed by atoms with E-state index >= 15 is 0 Å². The predicted molar refractivity (Wildman–Crippen MR) is 62.7 cm³/mol. The highest BCUT2D eigenvalue weighted by Crippen LogP contribution is 2.32. The van der Waals surface area contributed by atoms with Crippen molar-refractivity contribution < 1.29 is 4.42 Å². The fraction of sp³-hybridized carbons (Fsp3) is 0.0769. The lowest BCUT2D eigenvalue weighted by Crippen LogP contribution is -1.85. The molecule has 4 heteroatoms. The number of benzene rings is 1. The van der Waals surface area contributed by atoms with Gasteiger partial charge in [-0.3, -0.25) is 0 Å². The summed E-state index contributed by atoms with van der Waals surface area (Å²) in [4.78, 5) is 0. The molecule has 17 heavy (non-hydrogen) atoms. The number of hydrogen-bond acceptors (Lipinski definition) is 4. The van der Waals surface area contributed by atoms with Gasteiger partial charge in [-0.2, -0.15) is 10.5 Å². The highest BCUT2D eigenvalue weighted by molar-refractivity contribution is 5.73. The van der Waals surface area contributed by atoms with Crippen molar-refractivity contribution in [1.82, 2.24) is 0 Å². The number of anilines is 1. The Balaban J connectivity index is 2.65. The molecule has 0 radical (unpaired) electrons. The van der Waals surface area contributed by atoms with Gasteiger partial charge in [0.25, 0.3) is 0 Å². The molecule has 82 valence electrons. The number of rotatable bonds is 1. The Labute approximate surface area is 98.5 Å². The zero-order valence-corrected chi connectivity index (χ0v) is 9.19. The molecule has 2 rings (SSSR count). The summed E-state index contributed by atoms with van der Waals surface area (Å²) in [5, 5.41) is 17.9. The number of nitrogens with zero attached hydrogens (tertiary/aromatic N) is 2. The van der Waals surface area contributed by atoms with Gasteiger partial charge in [-0.25, -0.2) is 0 Å². The fourth-order valence-corrected chi connectivity index (χ4v) is 1.57. The molecule has 0 fully saturated rings. The van der Waals surface area contributed by atoms with Crippen LogP contribution in [0.1, 0.15) is 16.7 Å². The Morgan fingerprint density at radius 2 is 1.65 bits per heavy atom. The van der Waals surface area contributed by atoms with Crippen LogP contribution < -0.4 is 5.73 Å². The normalized spacial score (nSPS) is 9.59. The highest BCUT2D eigenvalue weighted by atomic mass is 16.4. The summed E-state index contributed by atoms with van der Waals surface area (Å²) < 4.78 is 5.29. The first-order chi connectivity index (χ1) is 8.17. The molecule has 0 amide bonds. The molecule has 2 N–H and O–H groups in total. The Morgan fingerprint density at radius 3 is 2.18 bits per heavy atom. The van der Waals surface area contributed by atoms with Crippen LogP contribution >= 0.6 is 0 Å². The molecule has 0 spiro atoms. The standard InChI is InChI=1S/C13H9N3O/c1-8-2-4-9(5-3-8)12-10(6-14)11(7-15)13(16)17-12/h2-5H,16H2,1H3. The van der Waals surface area contributed by atoms with Gasteiger partial charge in [0.1, 0.15) is 23.3 Å². The maximum Gasteiger partial charge on any atom is 0.210 e. The van der Waals surface area contributed by atoms with Crippen molar-refractivity contribution in [2.24, 2.45) is 0 Å². The van der Waals surface area contributed by atoms with Gasteiger partial charge in [-0.1, -0.05) is 29.8 Å². The van der Waals surface area contributed by atoms with Gasteiger partial charge in [-0.05, 0) is 6.92 Å². The summed E-state index contributed by atoms with van der Waals surface area (Å²) >= 11 is 0. The smallest absolute Gasteiger partial charge is 0.210 e. The zero-order chi connectivity index (χ0) is 12.4. The van der Waals surface area contributed by atoms with Crippen LogP contribution in [-0.2, 0) is 0 Å². The lowest BCUT2D eigenvalue weighted by atomic mass is 10.1. The second-order valence-electron chi connectivity index (χ2n) is 3.64. The summed E-state index contributed by atoms with van der Waals surface area (Å²) in [5.74, 6) is 0.334. The van der Waals surface area contributed by atoms with Crippen molar-refractivity contribution in [2.75, 3.05) is 5.73 Å². The van der Waals surface area contributed by atoms with Crippen molar-refractivity contribution in [3.05, 3.63) is 41.0 Å². The monoisotopic (exact) mass is 223 g/mol. The molecule has 0 atom stereocenters. The number of nitrogens with two attached hydrogens (primary N) is 1. The van der Waals surface area contributed by atoms with Gasteiger partial charge in [-0.15, -0.1) is 0 Å². The third kappa shape index (κ3) is 1.73. The van der Waals surface area contributed by atoms with Crippen molar-refractivity contribution in [3.8, 4) is 23.5 Å². The number of hydrogen-bond donors (Lipinski definition) is 1. The van der Waals surface area contributed by atoms with E-state index < -0.39 is 0 Å². The molecule has 4 nitrogen and oxygen atoms in total. The minimum absolute atomic E-state index is 0.0142. The molecule has 0 aliphatic heterocycles. The van der Waals surface area contributed by atoms with Crippen LogP contribution in [0.3, 0.4) is 0 Å². The molecule has 1 aromatic carbocycles. The molecule has 0 unspecified atom stereocenters. The third-order valence-electron chi connectivity index (χ3n) is 2.47. The maximum atomic E-state index is 9.04. The SMILES string of the molecule is Cc1ccc(-c2oc(N)c(C#N)c2C#N)cc1. The summed E-state index contributed by atoms with van der Waals surface area (Å²) in [6, 6.07) is 11.3. The van der Waals surface area contributed by atoms with E-state index in [2.05, 4.69) is 0 Å². The van der Waals surface area contributed by atoms with Crippen LogP contribution in [0.25, 0.3) is 11.3 Å². The van der Waals surface area contributed by atoms with E-state index in [0.717, 1.165) is 11.1 Å². The molecular formula is C13H9N3O. The second-order valence-corrected chi connectivity index (χ2v) is 3.64. The lowest BCUT2D eigenvalue weighted by Gasteiger charge is -1.98. The highest BCUT2D eigenvalue weighted by Gasteiger charge is 2.19. The molecule has 0 aliphatic rings. The first-order valence-corrected chi connectivity index (χ1v) is 4.97. The summed E-state index contributed by atoms with van der Waals surface area (Å²) in [6.45, 7) is 1.96. The van der Waals surface area contributed by atoms with E-state index in [-0.39, 0.29) is 17.0 Å². The summed E-state index contributed by atoms with van der Waals surface area (Å²) in [6.07, 6.45) is 0. The van der Waals surface area contributed by atoms with E-state index in [9.17, 15) is 0 Å². The maximum absolute atomic E-state index is 9.04. The quantitative estimate of drug-likeness (QED) is 0.804. The Morgan fingerprint density at radius 1 is 1.06 bits per heavy atom. The molecule has 2 aromatic rings. The average Bonchev–Trinajstić information content (AvgIpc) is 2.66. The van der Waals surface area contributed by atoms with Crippen LogP contribution in [0, 0.1) is 29.6 Å². The number of nitrogen functional groups attached to an aromatic ring is 1. The zero-order valence-electron chi connectivity index (χ0n) is 9.19. The molecule has 1 heterocycles. The van der Waals surface area contributed by atoms with Crippen LogP contribution in [0.2, 0.25) is 0 Å². The van der Waals surface area contributed by atoms with Gasteiger partial charge >= 0.3 is 0 Å². The van der Waals surface area contributed by atoms with Crippen molar-refractivity contribution in [1.29, 1.82) is 10.5 Å². The fourth-order valence-electron chi connectivity index (χ4n) is 1.57. The molecule has 1 aromatic heterocycles. The minimum atomic E-state index is -0.0142. The topological polar surface area (TPSA) is 86.7 Å². The number of furan rings is 1. The number of nitriles is 2. The van der Waals surface area contributed by atoms with Gasteiger partial charge in [0.05, 0.1) is 0 Å². The second kappa shape index (κ2) is 4.03. The molecular weight excluding hydrogens is 214 g/mol. The molecule has 0 bridgehead atoms. The molecule has 0 saturated heterocycles. The largest absolute Gasteiger partial charge is 0.438 e. The van der Waals surface area contributed by atoms with Crippen molar-refractivity contribution in [3.63, 3.8) is 0 Å². The number of aryl methyl sites for hydroxylation is 1. The van der Waals surface area contributed by atoms with Gasteiger partial charge in [0.2, 0.25) is 5.88 Å². The van der Waals surface area contributed by atoms with E-state index in [1.165, 1.54) is 0 Å². The van der Waals surface area contributed by atoms with Gasteiger partial charge in [0.15, 0.2) is 5.76 Å². The van der Waals surface area contributed by atoms with E-state index in [0.29, 0.717) is 5.76 Å². The first-order valence-electron chi connectivity index (χ1n) is 4.97. The van der Waals surface area contributed by atoms with Crippen molar-refractivity contribution in [2.45, 2.75) is 6.92 Å². The van der Waals surface area contributed by atoms with E-state index in [1.807, 2.05) is 43.3 Å². The summed E-state index contributed by atoms with van der Waals surface area (Å²) in [5.41, 5.74) is 7.68. The van der Waals surface area contributed by atoms with Gasteiger partial charge in [0, 0.05) is 5.56 Å². The summed E-state index contributed by atoms with van der Waals surface area (Å²) in [7, 11) is 0. The van der Waals surface area contributed by atoms with Crippen LogP contribution in [0.15, 0.2) is 28.7 Å². The third-order valence-corrected chi connectivity index (χ3v) is 2.47. The average molecular weight is 223 g/mol. The predicted octanol–water partition coefficient (Wildman–Crippen LogP) is 2.58. The van der Waals surface area contributed by atoms with E-state index in [4.69, 9.17) is 20.7 Å². The van der Waals surface area contributed by atoms with Crippen molar-refractivity contribution >= 4 is 5.88 Å². The Kier molecular flexibility index (Phi) is 2.56.